The van der Waals surface area contributed by atoms with Gasteiger partial charge >= 0.3 is 0 Å². The lowest BCUT2D eigenvalue weighted by molar-refractivity contribution is 0.714. The van der Waals surface area contributed by atoms with Crippen molar-refractivity contribution in [2.45, 2.75) is 17.2 Å². The molecular weight excluding hydrogens is 232 g/mol. The highest BCUT2D eigenvalue weighted by Gasteiger charge is 2.00. The van der Waals surface area contributed by atoms with Crippen LogP contribution < -0.4 is 5.32 Å². The van der Waals surface area contributed by atoms with Gasteiger partial charge in [0.2, 0.25) is 0 Å². The Morgan fingerprint density at radius 1 is 1.29 bits per heavy atom. The molecule has 1 aromatic carbocycles. The van der Waals surface area contributed by atoms with E-state index in [1.807, 2.05) is 20.3 Å². The summed E-state index contributed by atoms with van der Waals surface area (Å²) >= 11 is 1.78. The van der Waals surface area contributed by atoms with Crippen molar-refractivity contribution in [3.63, 3.8) is 0 Å². The molecule has 0 fully saturated rings. The van der Waals surface area contributed by atoms with Crippen molar-refractivity contribution in [1.82, 2.24) is 20.3 Å². The zero-order valence-electron chi connectivity index (χ0n) is 10.1. The first-order valence-corrected chi connectivity index (χ1v) is 6.48. The van der Waals surface area contributed by atoms with Gasteiger partial charge in [0, 0.05) is 30.4 Å². The molecule has 0 atom stereocenters. The number of rotatable bonds is 5. The number of benzene rings is 1. The van der Waals surface area contributed by atoms with E-state index in [9.17, 15) is 0 Å². The van der Waals surface area contributed by atoms with Crippen molar-refractivity contribution < 1.29 is 0 Å². The number of thioether (sulfide) groups is 1. The van der Waals surface area contributed by atoms with Crippen LogP contribution in [0.25, 0.3) is 0 Å². The van der Waals surface area contributed by atoms with Crippen LogP contribution in [0.2, 0.25) is 0 Å². The van der Waals surface area contributed by atoms with E-state index in [0.29, 0.717) is 0 Å². The maximum atomic E-state index is 4.06. The van der Waals surface area contributed by atoms with Gasteiger partial charge in [0.05, 0.1) is 5.69 Å². The summed E-state index contributed by atoms with van der Waals surface area (Å²) in [6.45, 7) is 0.912. The predicted molar refractivity (Wildman–Crippen MR) is 69.8 cm³/mol. The lowest BCUT2D eigenvalue weighted by atomic mass is 10.2. The summed E-state index contributed by atoms with van der Waals surface area (Å²) in [6.07, 6.45) is 1.95. The van der Waals surface area contributed by atoms with Crippen LogP contribution in [0.5, 0.6) is 0 Å². The highest BCUT2D eigenvalue weighted by Crippen LogP contribution is 2.21. The third-order valence-electron chi connectivity index (χ3n) is 2.34. The van der Waals surface area contributed by atoms with E-state index in [1.54, 1.807) is 16.4 Å². The molecule has 0 amide bonds. The molecule has 2 rings (SSSR count). The molecule has 0 aliphatic carbocycles. The Hall–Kier alpha value is -1.33. The molecule has 5 heteroatoms. The smallest absolute Gasteiger partial charge is 0.0929 e. The molecular formula is C12H16N4S. The Kier molecular flexibility index (Phi) is 4.17. The summed E-state index contributed by atoms with van der Waals surface area (Å²) < 4.78 is 1.73. The quantitative estimate of drug-likeness (QED) is 0.820. The summed E-state index contributed by atoms with van der Waals surface area (Å²) in [5.74, 6) is 0.860. The van der Waals surface area contributed by atoms with Crippen LogP contribution in [0.4, 0.5) is 0 Å². The van der Waals surface area contributed by atoms with E-state index in [2.05, 4.69) is 39.9 Å². The number of aryl methyl sites for hydroxylation is 1. The molecule has 1 heterocycles. The van der Waals surface area contributed by atoms with E-state index in [0.717, 1.165) is 18.0 Å². The second-order valence-electron chi connectivity index (χ2n) is 3.85. The van der Waals surface area contributed by atoms with Gasteiger partial charge in [-0.25, -0.2) is 0 Å². The lowest BCUT2D eigenvalue weighted by Gasteiger charge is -2.02. The maximum Gasteiger partial charge on any atom is 0.0929 e. The molecule has 0 radical (unpaired) electrons. The summed E-state index contributed by atoms with van der Waals surface area (Å²) in [5, 5.41) is 11.1. The highest BCUT2D eigenvalue weighted by atomic mass is 32.2. The molecule has 0 bridgehead atoms. The van der Waals surface area contributed by atoms with Crippen molar-refractivity contribution in [1.29, 1.82) is 0 Å². The molecule has 0 saturated heterocycles. The molecule has 1 N–H and O–H groups in total. The van der Waals surface area contributed by atoms with Gasteiger partial charge in [0.1, 0.15) is 0 Å². The molecule has 17 heavy (non-hydrogen) atoms. The molecule has 0 saturated carbocycles. The number of nitrogens with zero attached hydrogens (tertiary/aromatic N) is 3. The van der Waals surface area contributed by atoms with Crippen molar-refractivity contribution in [2.75, 3.05) is 7.05 Å². The second-order valence-corrected chi connectivity index (χ2v) is 4.90. The minimum absolute atomic E-state index is 0.860. The first-order valence-electron chi connectivity index (χ1n) is 5.49. The molecule has 90 valence electrons. The number of aromatic nitrogens is 3. The minimum Gasteiger partial charge on any atom is -0.316 e. The summed E-state index contributed by atoms with van der Waals surface area (Å²) in [6, 6.07) is 8.59. The van der Waals surface area contributed by atoms with Crippen molar-refractivity contribution in [2.24, 2.45) is 7.05 Å². The van der Waals surface area contributed by atoms with Gasteiger partial charge in [-0.1, -0.05) is 17.3 Å². The standard InChI is InChI=1S/C12H16N4S/c1-13-7-10-3-5-12(6-4-10)17-9-11-8-16(2)15-14-11/h3-6,8,13H,7,9H2,1-2H3. The molecule has 0 aliphatic rings. The molecule has 0 aliphatic heterocycles. The van der Waals surface area contributed by atoms with E-state index in [1.165, 1.54) is 10.5 Å². The number of hydrogen-bond donors (Lipinski definition) is 1. The Balaban J connectivity index is 1.90. The van der Waals surface area contributed by atoms with E-state index in [4.69, 9.17) is 0 Å². The Morgan fingerprint density at radius 2 is 2.06 bits per heavy atom. The largest absolute Gasteiger partial charge is 0.316 e. The average molecular weight is 248 g/mol. The van der Waals surface area contributed by atoms with Gasteiger partial charge < -0.3 is 5.32 Å². The normalized spacial score (nSPS) is 10.7. The van der Waals surface area contributed by atoms with Crippen molar-refractivity contribution in [3.8, 4) is 0 Å². The fourth-order valence-electron chi connectivity index (χ4n) is 1.53. The Bertz CT molecular complexity index is 464. The fraction of sp³-hybridized carbons (Fsp3) is 0.333. The third-order valence-corrected chi connectivity index (χ3v) is 3.39. The second kappa shape index (κ2) is 5.84. The SMILES string of the molecule is CNCc1ccc(SCc2cn(C)nn2)cc1. The predicted octanol–water partition coefficient (Wildman–Crippen LogP) is 1.83. The first kappa shape index (κ1) is 12.1. The van der Waals surface area contributed by atoms with Crippen LogP contribution >= 0.6 is 11.8 Å². The highest BCUT2D eigenvalue weighted by molar-refractivity contribution is 7.98. The van der Waals surface area contributed by atoms with Gasteiger partial charge in [-0.2, -0.15) is 0 Å². The fourth-order valence-corrected chi connectivity index (χ4v) is 2.30. The van der Waals surface area contributed by atoms with Crippen LogP contribution in [0.15, 0.2) is 35.4 Å². The van der Waals surface area contributed by atoms with Gasteiger partial charge in [0.25, 0.3) is 0 Å². The maximum absolute atomic E-state index is 4.06. The van der Waals surface area contributed by atoms with Crippen LogP contribution in [0, 0.1) is 0 Å². The van der Waals surface area contributed by atoms with E-state index in [-0.39, 0.29) is 0 Å². The summed E-state index contributed by atoms with van der Waals surface area (Å²) in [7, 11) is 3.84. The van der Waals surface area contributed by atoms with E-state index < -0.39 is 0 Å². The van der Waals surface area contributed by atoms with Gasteiger partial charge in [0.15, 0.2) is 0 Å². The van der Waals surface area contributed by atoms with E-state index >= 15 is 0 Å². The molecule has 4 nitrogen and oxygen atoms in total. The number of hydrogen-bond acceptors (Lipinski definition) is 4. The lowest BCUT2D eigenvalue weighted by Crippen LogP contribution is -2.04. The van der Waals surface area contributed by atoms with Crippen LogP contribution in [-0.2, 0) is 19.3 Å². The molecule has 2 aromatic rings. The zero-order valence-corrected chi connectivity index (χ0v) is 10.9. The zero-order chi connectivity index (χ0) is 12.1. The Labute approximate surface area is 105 Å². The van der Waals surface area contributed by atoms with Crippen LogP contribution in [-0.4, -0.2) is 22.0 Å². The van der Waals surface area contributed by atoms with Gasteiger partial charge in [-0.3, -0.25) is 4.68 Å². The van der Waals surface area contributed by atoms with Crippen LogP contribution in [0.1, 0.15) is 11.3 Å². The van der Waals surface area contributed by atoms with Crippen molar-refractivity contribution >= 4 is 11.8 Å². The van der Waals surface area contributed by atoms with Crippen molar-refractivity contribution in [3.05, 3.63) is 41.7 Å². The van der Waals surface area contributed by atoms with Gasteiger partial charge in [-0.15, -0.1) is 16.9 Å². The van der Waals surface area contributed by atoms with Gasteiger partial charge in [-0.05, 0) is 24.7 Å². The third kappa shape index (κ3) is 3.57. The summed E-state index contributed by atoms with van der Waals surface area (Å²) in [4.78, 5) is 1.26. The topological polar surface area (TPSA) is 42.7 Å². The first-order chi connectivity index (χ1) is 8.28. The Morgan fingerprint density at radius 3 is 2.65 bits per heavy atom. The molecule has 0 spiro atoms. The molecule has 1 aromatic heterocycles. The number of nitrogens with one attached hydrogen (secondary N) is 1. The monoisotopic (exact) mass is 248 g/mol. The average Bonchev–Trinajstić information content (AvgIpc) is 2.75. The summed E-state index contributed by atoms with van der Waals surface area (Å²) in [5.41, 5.74) is 2.31. The van der Waals surface area contributed by atoms with Crippen LogP contribution in [0.3, 0.4) is 0 Å². The minimum atomic E-state index is 0.860. The molecule has 0 unspecified atom stereocenters.